The smallest absolute Gasteiger partial charge is 0.414 e. The highest BCUT2D eigenvalue weighted by Gasteiger charge is 2.24. The number of amides is 1. The Morgan fingerprint density at radius 1 is 1.33 bits per heavy atom. The minimum absolute atomic E-state index is 0.471. The van der Waals surface area contributed by atoms with Crippen LogP contribution in [0.15, 0.2) is 29.3 Å². The van der Waals surface area contributed by atoms with Crippen molar-refractivity contribution in [3.63, 3.8) is 0 Å². The number of primary sulfonamides is 1. The van der Waals surface area contributed by atoms with Crippen molar-refractivity contribution in [1.29, 1.82) is 0 Å². The van der Waals surface area contributed by atoms with E-state index in [0.717, 1.165) is 17.7 Å². The lowest BCUT2D eigenvalue weighted by Crippen LogP contribution is -2.35. The van der Waals surface area contributed by atoms with Gasteiger partial charge in [0.05, 0.1) is 0 Å². The summed E-state index contributed by atoms with van der Waals surface area (Å²) in [7, 11) is -4.10. The van der Waals surface area contributed by atoms with Crippen molar-refractivity contribution in [1.82, 2.24) is 4.90 Å². The molecule has 0 radical (unpaired) electrons. The van der Waals surface area contributed by atoms with E-state index in [2.05, 4.69) is 0 Å². The average Bonchev–Trinajstić information content (AvgIpc) is 2.44. The fourth-order valence-corrected chi connectivity index (χ4v) is 2.96. The molecule has 1 heterocycles. The molecule has 0 unspecified atom stereocenters. The first-order chi connectivity index (χ1) is 11.0. The first kappa shape index (κ1) is 18.4. The van der Waals surface area contributed by atoms with Crippen LogP contribution >= 0.6 is 0 Å². The van der Waals surface area contributed by atoms with Gasteiger partial charge in [-0.25, -0.2) is 22.7 Å². The van der Waals surface area contributed by atoms with E-state index in [4.69, 9.17) is 9.88 Å². The first-order valence-corrected chi connectivity index (χ1v) is 9.05. The van der Waals surface area contributed by atoms with E-state index in [-0.39, 0.29) is 0 Å². The van der Waals surface area contributed by atoms with Crippen molar-refractivity contribution < 1.29 is 22.3 Å². The van der Waals surface area contributed by atoms with E-state index in [1.807, 2.05) is 0 Å². The quantitative estimate of drug-likeness (QED) is 0.882. The zero-order chi connectivity index (χ0) is 18.1. The van der Waals surface area contributed by atoms with Gasteiger partial charge in [-0.2, -0.15) is 0 Å². The highest BCUT2D eigenvalue weighted by molar-refractivity contribution is 7.89. The number of hydrogen-bond acceptors (Lipinski definition) is 4. The number of benzene rings is 1. The van der Waals surface area contributed by atoms with Gasteiger partial charge in [-0.3, -0.25) is 4.90 Å². The Labute approximate surface area is 141 Å². The Morgan fingerprint density at radius 3 is 2.54 bits per heavy atom. The molecule has 1 aliphatic heterocycles. The van der Waals surface area contributed by atoms with Gasteiger partial charge in [0.1, 0.15) is 16.3 Å². The van der Waals surface area contributed by atoms with Crippen molar-refractivity contribution in [3.8, 4) is 0 Å². The van der Waals surface area contributed by atoms with Gasteiger partial charge in [0.15, 0.2) is 0 Å². The van der Waals surface area contributed by atoms with Gasteiger partial charge < -0.3 is 4.74 Å². The lowest BCUT2D eigenvalue weighted by atomic mass is 9.99. The molecule has 1 amide bonds. The molecule has 24 heavy (non-hydrogen) atoms. The number of halogens is 1. The summed E-state index contributed by atoms with van der Waals surface area (Å²) < 4.78 is 41.8. The number of hydrogen-bond donors (Lipinski definition) is 1. The number of sulfonamides is 1. The summed E-state index contributed by atoms with van der Waals surface area (Å²) in [4.78, 5) is 13.0. The van der Waals surface area contributed by atoms with Crippen molar-refractivity contribution in [3.05, 3.63) is 35.8 Å². The minimum Gasteiger partial charge on any atom is -0.443 e. The molecule has 2 N–H and O–H groups in total. The number of rotatable bonds is 2. The summed E-state index contributed by atoms with van der Waals surface area (Å²) in [6, 6.07) is 3.73. The van der Waals surface area contributed by atoms with E-state index in [9.17, 15) is 17.6 Å². The standard InChI is InChI=1S/C16H21FN2O4S/c1-16(2,3)23-15(20)19-8-4-5-12(10-19)11-6-7-14(13(17)9-11)24(18,21)22/h6-7,9-10H,4-5,8H2,1-3H3,(H2,18,21,22). The number of nitrogens with two attached hydrogens (primary N) is 1. The molecular formula is C16H21FN2O4S. The molecule has 0 aliphatic carbocycles. The van der Waals surface area contributed by atoms with E-state index in [1.54, 1.807) is 27.0 Å². The lowest BCUT2D eigenvalue weighted by molar-refractivity contribution is 0.0329. The molecule has 0 saturated carbocycles. The summed E-state index contributed by atoms with van der Waals surface area (Å²) in [5.74, 6) is -0.912. The predicted molar refractivity (Wildman–Crippen MR) is 87.9 cm³/mol. The highest BCUT2D eigenvalue weighted by Crippen LogP contribution is 2.28. The van der Waals surface area contributed by atoms with E-state index in [1.165, 1.54) is 11.0 Å². The molecule has 2 rings (SSSR count). The van der Waals surface area contributed by atoms with Gasteiger partial charge in [0.2, 0.25) is 10.0 Å². The third-order valence-electron chi connectivity index (χ3n) is 3.39. The summed E-state index contributed by atoms with van der Waals surface area (Å²) in [6.07, 6.45) is 2.49. The van der Waals surface area contributed by atoms with Crippen LogP contribution in [0.5, 0.6) is 0 Å². The van der Waals surface area contributed by atoms with Crippen molar-refractivity contribution in [2.75, 3.05) is 6.54 Å². The van der Waals surface area contributed by atoms with Gasteiger partial charge >= 0.3 is 6.09 Å². The van der Waals surface area contributed by atoms with Crippen LogP contribution in [0.1, 0.15) is 39.2 Å². The molecule has 0 spiro atoms. The second kappa shape index (κ2) is 6.52. The van der Waals surface area contributed by atoms with Gasteiger partial charge in [0.25, 0.3) is 0 Å². The Hall–Kier alpha value is -1.93. The third kappa shape index (κ3) is 4.55. The molecular weight excluding hydrogens is 335 g/mol. The molecule has 0 fully saturated rings. The summed E-state index contributed by atoms with van der Waals surface area (Å²) >= 11 is 0. The van der Waals surface area contributed by atoms with Crippen molar-refractivity contribution >= 4 is 21.7 Å². The van der Waals surface area contributed by atoms with E-state index in [0.29, 0.717) is 24.9 Å². The molecule has 0 bridgehead atoms. The molecule has 8 heteroatoms. The van der Waals surface area contributed by atoms with E-state index >= 15 is 0 Å². The second-order valence-electron chi connectivity index (χ2n) is 6.62. The monoisotopic (exact) mass is 356 g/mol. The number of nitrogens with zero attached hydrogens (tertiary/aromatic N) is 1. The van der Waals surface area contributed by atoms with Crippen LogP contribution in [-0.2, 0) is 14.8 Å². The number of carbonyl (C=O) groups excluding carboxylic acids is 1. The maximum absolute atomic E-state index is 14.0. The predicted octanol–water partition coefficient (Wildman–Crippen LogP) is 2.84. The molecule has 132 valence electrons. The topological polar surface area (TPSA) is 89.7 Å². The van der Waals surface area contributed by atoms with Crippen molar-refractivity contribution in [2.24, 2.45) is 5.14 Å². The normalized spacial score (nSPS) is 15.9. The van der Waals surface area contributed by atoms with E-state index < -0.39 is 32.4 Å². The largest absolute Gasteiger partial charge is 0.443 e. The SMILES string of the molecule is CC(C)(C)OC(=O)N1C=C(c2ccc(S(N)(=O)=O)c(F)c2)CCC1. The van der Waals surface area contributed by atoms with Crippen molar-refractivity contribution in [2.45, 2.75) is 44.1 Å². The number of carbonyl (C=O) groups is 1. The second-order valence-corrected chi connectivity index (χ2v) is 8.15. The highest BCUT2D eigenvalue weighted by atomic mass is 32.2. The fraction of sp³-hybridized carbons (Fsp3) is 0.438. The van der Waals surface area contributed by atoms with Gasteiger partial charge in [0, 0.05) is 12.7 Å². The molecule has 0 saturated heterocycles. The zero-order valence-electron chi connectivity index (χ0n) is 13.9. The van der Waals surface area contributed by atoms with Crippen LogP contribution in [0.3, 0.4) is 0 Å². The molecule has 0 aromatic heterocycles. The number of ether oxygens (including phenoxy) is 1. The van der Waals surface area contributed by atoms with Gasteiger partial charge in [-0.05, 0) is 56.9 Å². The first-order valence-electron chi connectivity index (χ1n) is 7.50. The van der Waals surface area contributed by atoms with Crippen LogP contribution in [0, 0.1) is 5.82 Å². The summed E-state index contributed by atoms with van der Waals surface area (Å²) in [5, 5.41) is 4.95. The van der Waals surface area contributed by atoms with Crippen LogP contribution in [0.4, 0.5) is 9.18 Å². The molecule has 1 aromatic rings. The maximum Gasteiger partial charge on any atom is 0.414 e. The Kier molecular flexibility index (Phi) is 5.00. The lowest BCUT2D eigenvalue weighted by Gasteiger charge is -2.28. The van der Waals surface area contributed by atoms with Crippen LogP contribution in [-0.4, -0.2) is 31.6 Å². The van der Waals surface area contributed by atoms with Gasteiger partial charge in [-0.15, -0.1) is 0 Å². The number of allylic oxidation sites excluding steroid dienone is 1. The van der Waals surface area contributed by atoms with Crippen LogP contribution < -0.4 is 5.14 Å². The van der Waals surface area contributed by atoms with Crippen LogP contribution in [0.25, 0.3) is 5.57 Å². The summed E-state index contributed by atoms with van der Waals surface area (Å²) in [5.41, 5.74) is 0.631. The minimum atomic E-state index is -4.10. The van der Waals surface area contributed by atoms with Gasteiger partial charge in [-0.1, -0.05) is 6.07 Å². The zero-order valence-corrected chi connectivity index (χ0v) is 14.7. The maximum atomic E-state index is 14.0. The Morgan fingerprint density at radius 2 is 2.00 bits per heavy atom. The third-order valence-corrected chi connectivity index (χ3v) is 4.34. The Bertz CT molecular complexity index is 782. The summed E-state index contributed by atoms with van der Waals surface area (Å²) in [6.45, 7) is 5.85. The Balaban J connectivity index is 2.28. The molecule has 1 aliphatic rings. The fourth-order valence-electron chi connectivity index (χ4n) is 2.37. The molecule has 1 aromatic carbocycles. The van der Waals surface area contributed by atoms with Crippen LogP contribution in [0.2, 0.25) is 0 Å². The average molecular weight is 356 g/mol. The molecule has 6 nitrogen and oxygen atoms in total. The molecule has 0 atom stereocenters.